The zero-order chi connectivity index (χ0) is 16.1. The third kappa shape index (κ3) is 2.29. The standard InChI is InChI=1S/C15H18FN5O2/c1-8-15(22)19-18-14-7-23-13-3-10(16)11(4-12(13)21(8)14)17-9-5-20(2)6-9/h3-4,8-9,17H,5-7H2,1-2H3,(H,19,22). The van der Waals surface area contributed by atoms with Gasteiger partial charge in [-0.1, -0.05) is 0 Å². The van der Waals surface area contributed by atoms with Crippen LogP contribution in [0.4, 0.5) is 15.8 Å². The predicted molar refractivity (Wildman–Crippen MR) is 84.3 cm³/mol. The topological polar surface area (TPSA) is 69.2 Å². The summed E-state index contributed by atoms with van der Waals surface area (Å²) in [4.78, 5) is 15.8. The lowest BCUT2D eigenvalue weighted by molar-refractivity contribution is -0.122. The first-order valence-electron chi connectivity index (χ1n) is 7.60. The molecule has 0 bridgehead atoms. The van der Waals surface area contributed by atoms with E-state index in [1.807, 2.05) is 7.05 Å². The normalized spacial score (nSPS) is 24.0. The van der Waals surface area contributed by atoms with Crippen molar-refractivity contribution in [1.29, 1.82) is 0 Å². The summed E-state index contributed by atoms with van der Waals surface area (Å²) in [7, 11) is 2.02. The minimum absolute atomic E-state index is 0.193. The fourth-order valence-corrected chi connectivity index (χ4v) is 3.17. The van der Waals surface area contributed by atoms with Crippen molar-refractivity contribution in [2.75, 3.05) is 37.0 Å². The van der Waals surface area contributed by atoms with E-state index in [0.717, 1.165) is 13.1 Å². The van der Waals surface area contributed by atoms with Gasteiger partial charge in [-0.05, 0) is 20.0 Å². The number of benzene rings is 1. The SMILES string of the molecule is CC1C(=O)NN=C2COc3cc(F)c(NC4CN(C)C4)cc3N21. The quantitative estimate of drug-likeness (QED) is 0.835. The Kier molecular flexibility index (Phi) is 3.15. The highest BCUT2D eigenvalue weighted by Crippen LogP contribution is 2.38. The van der Waals surface area contributed by atoms with Crippen molar-refractivity contribution >= 4 is 23.1 Å². The second-order valence-electron chi connectivity index (χ2n) is 6.20. The van der Waals surface area contributed by atoms with Gasteiger partial charge >= 0.3 is 0 Å². The zero-order valence-corrected chi connectivity index (χ0v) is 13.0. The highest BCUT2D eigenvalue weighted by molar-refractivity contribution is 6.09. The summed E-state index contributed by atoms with van der Waals surface area (Å²) < 4.78 is 19.9. The summed E-state index contributed by atoms with van der Waals surface area (Å²) in [5.41, 5.74) is 3.56. The second kappa shape index (κ2) is 5.09. The molecular formula is C15H18FN5O2. The van der Waals surface area contributed by atoms with E-state index in [0.29, 0.717) is 23.0 Å². The zero-order valence-electron chi connectivity index (χ0n) is 13.0. The molecule has 2 N–H and O–H groups in total. The maximum Gasteiger partial charge on any atom is 0.262 e. The Hall–Kier alpha value is -2.35. The van der Waals surface area contributed by atoms with Crippen LogP contribution in [0.5, 0.6) is 5.75 Å². The number of amides is 1. The summed E-state index contributed by atoms with van der Waals surface area (Å²) >= 11 is 0. The van der Waals surface area contributed by atoms with Crippen LogP contribution in [0.3, 0.4) is 0 Å². The average molecular weight is 319 g/mol. The molecule has 8 heteroatoms. The number of halogens is 1. The van der Waals surface area contributed by atoms with Crippen LogP contribution in [-0.4, -0.2) is 55.5 Å². The first kappa shape index (κ1) is 14.3. The fraction of sp³-hybridized carbons (Fsp3) is 0.467. The van der Waals surface area contributed by atoms with Gasteiger partial charge < -0.3 is 19.9 Å². The molecule has 1 aromatic rings. The third-order valence-electron chi connectivity index (χ3n) is 4.43. The minimum Gasteiger partial charge on any atom is -0.483 e. The van der Waals surface area contributed by atoms with Crippen LogP contribution < -0.4 is 20.4 Å². The van der Waals surface area contributed by atoms with Gasteiger partial charge in [0.2, 0.25) is 0 Å². The molecule has 1 atom stereocenters. The summed E-state index contributed by atoms with van der Waals surface area (Å²) in [5.74, 6) is 0.499. The van der Waals surface area contributed by atoms with E-state index < -0.39 is 6.04 Å². The number of rotatable bonds is 2. The molecule has 0 aromatic heterocycles. The molecule has 7 nitrogen and oxygen atoms in total. The van der Waals surface area contributed by atoms with E-state index in [4.69, 9.17) is 4.74 Å². The first-order valence-corrected chi connectivity index (χ1v) is 7.60. The highest BCUT2D eigenvalue weighted by Gasteiger charge is 2.36. The van der Waals surface area contributed by atoms with Crippen LogP contribution in [0.25, 0.3) is 0 Å². The number of ether oxygens (including phenoxy) is 1. The number of fused-ring (bicyclic) bond motifs is 3. The Morgan fingerprint density at radius 1 is 1.43 bits per heavy atom. The van der Waals surface area contributed by atoms with Gasteiger partial charge in [-0.2, -0.15) is 5.10 Å². The van der Waals surface area contributed by atoms with Crippen LogP contribution in [0.1, 0.15) is 6.92 Å². The molecule has 0 aliphatic carbocycles. The molecule has 3 aliphatic rings. The number of carbonyl (C=O) groups is 1. The Balaban J connectivity index is 1.69. The Bertz CT molecular complexity index is 701. The fourth-order valence-electron chi connectivity index (χ4n) is 3.17. The lowest BCUT2D eigenvalue weighted by atomic mass is 10.1. The van der Waals surface area contributed by atoms with Crippen LogP contribution in [0.15, 0.2) is 17.2 Å². The van der Waals surface area contributed by atoms with E-state index >= 15 is 0 Å². The van der Waals surface area contributed by atoms with Gasteiger partial charge in [0.05, 0.1) is 17.4 Å². The number of likely N-dealkylation sites (N-methyl/N-ethyl adjacent to an activating group) is 1. The van der Waals surface area contributed by atoms with Gasteiger partial charge in [0.1, 0.15) is 24.2 Å². The molecule has 0 spiro atoms. The largest absolute Gasteiger partial charge is 0.483 e. The van der Waals surface area contributed by atoms with Crippen molar-refractivity contribution in [2.45, 2.75) is 19.0 Å². The molecule has 1 fully saturated rings. The molecule has 3 aliphatic heterocycles. The van der Waals surface area contributed by atoms with Crippen molar-refractivity contribution in [1.82, 2.24) is 10.3 Å². The number of carbonyl (C=O) groups excluding carboxylic acids is 1. The number of likely N-dealkylation sites (tertiary alicyclic amines) is 1. The molecule has 23 heavy (non-hydrogen) atoms. The molecule has 1 saturated heterocycles. The number of amidine groups is 1. The van der Waals surface area contributed by atoms with E-state index in [-0.39, 0.29) is 24.4 Å². The lowest BCUT2D eigenvalue weighted by Gasteiger charge is -2.39. The Labute approximate surface area is 133 Å². The number of hydrazone groups is 1. The molecule has 4 rings (SSSR count). The smallest absolute Gasteiger partial charge is 0.262 e. The molecule has 0 radical (unpaired) electrons. The van der Waals surface area contributed by atoms with E-state index in [1.54, 1.807) is 17.9 Å². The third-order valence-corrected chi connectivity index (χ3v) is 4.43. The van der Waals surface area contributed by atoms with Gasteiger partial charge in [0, 0.05) is 19.2 Å². The molecule has 1 amide bonds. The number of anilines is 2. The Morgan fingerprint density at radius 3 is 2.96 bits per heavy atom. The van der Waals surface area contributed by atoms with Gasteiger partial charge in [0.25, 0.3) is 5.91 Å². The van der Waals surface area contributed by atoms with Gasteiger partial charge in [-0.3, -0.25) is 4.79 Å². The number of nitrogens with zero attached hydrogens (tertiary/aromatic N) is 3. The number of nitrogens with one attached hydrogen (secondary N) is 2. The molecule has 122 valence electrons. The van der Waals surface area contributed by atoms with Crippen LogP contribution in [-0.2, 0) is 4.79 Å². The van der Waals surface area contributed by atoms with E-state index in [9.17, 15) is 9.18 Å². The van der Waals surface area contributed by atoms with E-state index in [1.165, 1.54) is 6.07 Å². The van der Waals surface area contributed by atoms with Gasteiger partial charge in [-0.15, -0.1) is 0 Å². The monoisotopic (exact) mass is 319 g/mol. The van der Waals surface area contributed by atoms with Gasteiger partial charge in [-0.25, -0.2) is 9.82 Å². The summed E-state index contributed by atoms with van der Waals surface area (Å²) in [6.45, 7) is 3.75. The first-order chi connectivity index (χ1) is 11.0. The summed E-state index contributed by atoms with van der Waals surface area (Å²) in [5, 5.41) is 7.24. The molecular weight excluding hydrogens is 301 g/mol. The van der Waals surface area contributed by atoms with Crippen molar-refractivity contribution in [3.05, 3.63) is 17.9 Å². The van der Waals surface area contributed by atoms with Crippen molar-refractivity contribution in [3.8, 4) is 5.75 Å². The predicted octanol–water partition coefficient (Wildman–Crippen LogP) is 0.582. The summed E-state index contributed by atoms with van der Waals surface area (Å²) in [6, 6.07) is 2.88. The number of hydrogen-bond donors (Lipinski definition) is 2. The average Bonchev–Trinajstić information content (AvgIpc) is 2.49. The van der Waals surface area contributed by atoms with Crippen molar-refractivity contribution in [2.24, 2.45) is 5.10 Å². The van der Waals surface area contributed by atoms with Crippen LogP contribution in [0, 0.1) is 5.82 Å². The maximum absolute atomic E-state index is 14.3. The Morgan fingerprint density at radius 2 is 2.22 bits per heavy atom. The highest BCUT2D eigenvalue weighted by atomic mass is 19.1. The summed E-state index contributed by atoms with van der Waals surface area (Å²) in [6.07, 6.45) is 0. The van der Waals surface area contributed by atoms with Crippen LogP contribution in [0.2, 0.25) is 0 Å². The van der Waals surface area contributed by atoms with Crippen LogP contribution >= 0.6 is 0 Å². The molecule has 1 unspecified atom stereocenters. The van der Waals surface area contributed by atoms with Gasteiger partial charge in [0.15, 0.2) is 5.84 Å². The molecule has 1 aromatic carbocycles. The minimum atomic E-state index is -0.418. The lowest BCUT2D eigenvalue weighted by Crippen LogP contribution is -2.55. The molecule has 0 saturated carbocycles. The molecule has 3 heterocycles. The van der Waals surface area contributed by atoms with Crippen molar-refractivity contribution in [3.63, 3.8) is 0 Å². The maximum atomic E-state index is 14.3. The van der Waals surface area contributed by atoms with Crippen molar-refractivity contribution < 1.29 is 13.9 Å². The number of hydrogen-bond acceptors (Lipinski definition) is 6. The van der Waals surface area contributed by atoms with E-state index in [2.05, 4.69) is 20.7 Å². The second-order valence-corrected chi connectivity index (χ2v) is 6.20.